The molecule has 0 saturated carbocycles. The van der Waals surface area contributed by atoms with Crippen LogP contribution >= 0.6 is 0 Å². The van der Waals surface area contributed by atoms with E-state index < -0.39 is 11.7 Å². The number of alkyl halides is 3. The molecule has 0 aliphatic carbocycles. The van der Waals surface area contributed by atoms with E-state index in [9.17, 15) is 18.0 Å². The van der Waals surface area contributed by atoms with E-state index in [0.29, 0.717) is 24.5 Å². The Morgan fingerprint density at radius 3 is 2.72 bits per heavy atom. The van der Waals surface area contributed by atoms with Crippen molar-refractivity contribution in [2.45, 2.75) is 31.5 Å². The van der Waals surface area contributed by atoms with Crippen LogP contribution in [0, 0.1) is 0 Å². The van der Waals surface area contributed by atoms with Crippen LogP contribution in [0.2, 0.25) is 0 Å². The second-order valence-electron chi connectivity index (χ2n) is 5.88. The third kappa shape index (κ3) is 3.37. The Labute approximate surface area is 141 Å². The van der Waals surface area contributed by atoms with Crippen LogP contribution in [0.15, 0.2) is 24.3 Å². The minimum atomic E-state index is -4.47. The molecule has 25 heavy (non-hydrogen) atoms. The SMILES string of the molecule is CN1C(=O)CCC1c1nc(CCO)nn1-c1cccc(C(F)(F)F)c1. The van der Waals surface area contributed by atoms with Crippen LogP contribution in [0.4, 0.5) is 13.2 Å². The average Bonchev–Trinajstić information content (AvgIpc) is 3.11. The van der Waals surface area contributed by atoms with Gasteiger partial charge in [0.1, 0.15) is 0 Å². The highest BCUT2D eigenvalue weighted by Gasteiger charge is 2.34. The summed E-state index contributed by atoms with van der Waals surface area (Å²) in [5, 5.41) is 13.3. The summed E-state index contributed by atoms with van der Waals surface area (Å²) in [5.41, 5.74) is -0.569. The molecule has 1 aliphatic heterocycles. The third-order valence-corrected chi connectivity index (χ3v) is 4.22. The summed E-state index contributed by atoms with van der Waals surface area (Å²) in [7, 11) is 1.64. The Balaban J connectivity index is 2.07. The smallest absolute Gasteiger partial charge is 0.396 e. The zero-order valence-corrected chi connectivity index (χ0v) is 13.5. The van der Waals surface area contributed by atoms with Crippen LogP contribution in [-0.2, 0) is 17.4 Å². The lowest BCUT2D eigenvalue weighted by atomic mass is 10.1. The maximum Gasteiger partial charge on any atom is 0.416 e. The minimum Gasteiger partial charge on any atom is -0.396 e. The van der Waals surface area contributed by atoms with E-state index in [-0.39, 0.29) is 30.7 Å². The van der Waals surface area contributed by atoms with Crippen LogP contribution in [0.25, 0.3) is 5.69 Å². The van der Waals surface area contributed by atoms with Gasteiger partial charge in [-0.05, 0) is 24.6 Å². The summed E-state index contributed by atoms with van der Waals surface area (Å²) < 4.78 is 40.3. The molecule has 1 aliphatic rings. The molecule has 2 aromatic rings. The molecule has 1 saturated heterocycles. The van der Waals surface area contributed by atoms with Crippen LogP contribution in [0.1, 0.15) is 36.1 Å². The summed E-state index contributed by atoms with van der Waals surface area (Å²) in [6.45, 7) is -0.175. The fourth-order valence-electron chi connectivity index (χ4n) is 2.90. The predicted octanol–water partition coefficient (Wildman–Crippen LogP) is 2.11. The Morgan fingerprint density at radius 2 is 2.12 bits per heavy atom. The molecular weight excluding hydrogens is 337 g/mol. The van der Waals surface area contributed by atoms with Gasteiger partial charge in [0.15, 0.2) is 11.6 Å². The monoisotopic (exact) mass is 354 g/mol. The van der Waals surface area contributed by atoms with Gasteiger partial charge in [-0.1, -0.05) is 6.07 Å². The molecule has 134 valence electrons. The van der Waals surface area contributed by atoms with Crippen LogP contribution in [-0.4, -0.2) is 44.3 Å². The zero-order chi connectivity index (χ0) is 18.2. The van der Waals surface area contributed by atoms with Crippen molar-refractivity contribution >= 4 is 5.91 Å². The van der Waals surface area contributed by atoms with E-state index in [2.05, 4.69) is 10.1 Å². The molecule has 1 atom stereocenters. The number of hydrogen-bond donors (Lipinski definition) is 1. The third-order valence-electron chi connectivity index (χ3n) is 4.22. The predicted molar refractivity (Wildman–Crippen MR) is 81.9 cm³/mol. The van der Waals surface area contributed by atoms with Crippen molar-refractivity contribution in [3.8, 4) is 5.69 Å². The van der Waals surface area contributed by atoms with E-state index in [1.54, 1.807) is 7.05 Å². The largest absolute Gasteiger partial charge is 0.416 e. The molecule has 1 amide bonds. The van der Waals surface area contributed by atoms with Crippen molar-refractivity contribution in [2.24, 2.45) is 0 Å². The van der Waals surface area contributed by atoms with Gasteiger partial charge < -0.3 is 10.0 Å². The molecule has 3 rings (SSSR count). The quantitative estimate of drug-likeness (QED) is 0.913. The zero-order valence-electron chi connectivity index (χ0n) is 13.5. The summed E-state index contributed by atoms with van der Waals surface area (Å²) in [5.74, 6) is 0.672. The van der Waals surface area contributed by atoms with Gasteiger partial charge in [0.05, 0.1) is 23.9 Å². The van der Waals surface area contributed by atoms with Crippen molar-refractivity contribution in [1.29, 1.82) is 0 Å². The summed E-state index contributed by atoms with van der Waals surface area (Å²) in [4.78, 5) is 17.7. The Bertz CT molecular complexity index is 788. The molecule has 6 nitrogen and oxygen atoms in total. The van der Waals surface area contributed by atoms with Crippen molar-refractivity contribution in [3.63, 3.8) is 0 Å². The van der Waals surface area contributed by atoms with Gasteiger partial charge >= 0.3 is 6.18 Å². The maximum atomic E-state index is 13.0. The molecule has 2 heterocycles. The minimum absolute atomic E-state index is 0.0488. The Hall–Kier alpha value is -2.42. The second-order valence-corrected chi connectivity index (χ2v) is 5.88. The number of aliphatic hydroxyl groups is 1. The number of likely N-dealkylation sites (tertiary alicyclic amines) is 1. The summed E-state index contributed by atoms with van der Waals surface area (Å²) >= 11 is 0. The number of benzene rings is 1. The number of amides is 1. The molecular formula is C16H17F3N4O2. The highest BCUT2D eigenvalue weighted by molar-refractivity contribution is 5.78. The first-order valence-corrected chi connectivity index (χ1v) is 7.81. The Kier molecular flexibility index (Phi) is 4.51. The van der Waals surface area contributed by atoms with Crippen molar-refractivity contribution in [3.05, 3.63) is 41.5 Å². The van der Waals surface area contributed by atoms with E-state index in [4.69, 9.17) is 5.11 Å². The number of aliphatic hydroxyl groups excluding tert-OH is 1. The second kappa shape index (κ2) is 6.47. The van der Waals surface area contributed by atoms with Crippen molar-refractivity contribution in [2.75, 3.05) is 13.7 Å². The molecule has 0 spiro atoms. The molecule has 1 unspecified atom stereocenters. The van der Waals surface area contributed by atoms with Gasteiger partial charge in [0.25, 0.3) is 0 Å². The molecule has 1 N–H and O–H groups in total. The molecule has 9 heteroatoms. The van der Waals surface area contributed by atoms with E-state index in [1.807, 2.05) is 0 Å². The first-order chi connectivity index (χ1) is 11.8. The molecule has 0 radical (unpaired) electrons. The van der Waals surface area contributed by atoms with E-state index in [0.717, 1.165) is 12.1 Å². The summed E-state index contributed by atoms with van der Waals surface area (Å²) in [6, 6.07) is 4.44. The van der Waals surface area contributed by atoms with Gasteiger partial charge in [0.2, 0.25) is 5.91 Å². The standard InChI is InChI=1S/C16H17F3N4O2/c1-22-12(5-6-14(22)25)15-20-13(7-8-24)21-23(15)11-4-2-3-10(9-11)16(17,18)19/h2-4,9,12,24H,5-8H2,1H3. The van der Waals surface area contributed by atoms with Crippen molar-refractivity contribution in [1.82, 2.24) is 19.7 Å². The van der Waals surface area contributed by atoms with Crippen LogP contribution < -0.4 is 0 Å². The van der Waals surface area contributed by atoms with Crippen LogP contribution in [0.3, 0.4) is 0 Å². The summed E-state index contributed by atoms with van der Waals surface area (Å²) in [6.07, 6.45) is -3.41. The number of aromatic nitrogens is 3. The molecule has 1 aromatic carbocycles. The fraction of sp³-hybridized carbons (Fsp3) is 0.438. The lowest BCUT2D eigenvalue weighted by molar-refractivity contribution is -0.137. The normalized spacial score (nSPS) is 18.2. The number of carbonyl (C=O) groups is 1. The van der Waals surface area contributed by atoms with Gasteiger partial charge in [-0.15, -0.1) is 0 Å². The highest BCUT2D eigenvalue weighted by atomic mass is 19.4. The lowest BCUT2D eigenvalue weighted by Crippen LogP contribution is -2.25. The number of rotatable bonds is 4. The number of nitrogens with zero attached hydrogens (tertiary/aromatic N) is 4. The van der Waals surface area contributed by atoms with Gasteiger partial charge in [0, 0.05) is 19.9 Å². The van der Waals surface area contributed by atoms with Gasteiger partial charge in [-0.25, -0.2) is 9.67 Å². The van der Waals surface area contributed by atoms with Crippen LogP contribution in [0.5, 0.6) is 0 Å². The van der Waals surface area contributed by atoms with Gasteiger partial charge in [-0.3, -0.25) is 4.79 Å². The number of carbonyl (C=O) groups excluding carboxylic acids is 1. The molecule has 1 fully saturated rings. The lowest BCUT2D eigenvalue weighted by Gasteiger charge is -2.20. The fourth-order valence-corrected chi connectivity index (χ4v) is 2.90. The number of halogens is 3. The van der Waals surface area contributed by atoms with Crippen molar-refractivity contribution < 1.29 is 23.1 Å². The van der Waals surface area contributed by atoms with E-state index >= 15 is 0 Å². The Morgan fingerprint density at radius 1 is 1.36 bits per heavy atom. The van der Waals surface area contributed by atoms with Gasteiger partial charge in [-0.2, -0.15) is 18.3 Å². The maximum absolute atomic E-state index is 13.0. The topological polar surface area (TPSA) is 71.2 Å². The first kappa shape index (κ1) is 17.4. The highest BCUT2D eigenvalue weighted by Crippen LogP contribution is 2.33. The average molecular weight is 354 g/mol. The van der Waals surface area contributed by atoms with E-state index in [1.165, 1.54) is 21.7 Å². The molecule has 1 aromatic heterocycles. The first-order valence-electron chi connectivity index (χ1n) is 7.81. The molecule has 0 bridgehead atoms. The number of hydrogen-bond acceptors (Lipinski definition) is 4.